The molecular weight excluding hydrogens is 828 g/mol. The number of hydrogen-bond acceptors (Lipinski definition) is 3. The molecule has 0 fully saturated rings. The molecule has 9 aromatic carbocycles. The van der Waals surface area contributed by atoms with E-state index in [1.807, 2.05) is 54.7 Å². The largest absolute Gasteiger partial charge is 0.456 e. The van der Waals surface area contributed by atoms with Crippen LogP contribution in [0.25, 0.3) is 105 Å². The van der Waals surface area contributed by atoms with Crippen LogP contribution in [0.1, 0.15) is 0 Å². The zero-order valence-electron chi connectivity index (χ0n) is 35.4. The molecule has 310 valence electrons. The van der Waals surface area contributed by atoms with Crippen LogP contribution in [0.5, 0.6) is 0 Å². The molecule has 0 amide bonds. The molecule has 0 aliphatic rings. The quantitative estimate of drug-likeness (QED) is 0.156. The second-order valence-electron chi connectivity index (χ2n) is 17.1. The van der Waals surface area contributed by atoms with E-state index < -0.39 is 7.14 Å². The molecule has 14 aromatic rings. The molecule has 1 atom stereocenters. The fourth-order valence-electron chi connectivity index (χ4n) is 10.6. The van der Waals surface area contributed by atoms with Crippen molar-refractivity contribution in [2.24, 2.45) is 0 Å². The predicted octanol–water partition coefficient (Wildman–Crippen LogP) is 13.9. The van der Waals surface area contributed by atoms with Gasteiger partial charge in [-0.1, -0.05) is 121 Å². The summed E-state index contributed by atoms with van der Waals surface area (Å²) in [6.45, 7) is 0. The smallest absolute Gasteiger partial charge is 0.171 e. The summed E-state index contributed by atoms with van der Waals surface area (Å²) in [5, 5.41) is 11.0. The third kappa shape index (κ3) is 5.25. The Kier molecular flexibility index (Phi) is 7.86. The lowest BCUT2D eigenvalue weighted by Crippen LogP contribution is -2.25. The summed E-state index contributed by atoms with van der Waals surface area (Å²) < 4.78 is 29.6. The number of rotatable bonds is 6. The van der Waals surface area contributed by atoms with Gasteiger partial charge in [-0.15, -0.1) is 0 Å². The Hall–Kier alpha value is -8.44. The van der Waals surface area contributed by atoms with E-state index in [0.717, 1.165) is 115 Å². The van der Waals surface area contributed by atoms with Gasteiger partial charge in [-0.3, -0.25) is 4.57 Å². The standard InChI is InChI=1S/C59H37N4O2P/c64-66(40-17-5-2-6-18-40,41-28-30-54-47(34-41)43-19-7-12-24-52(43)62(54)39-27-32-58-50(33-39)46-22-10-14-26-57(46)65-58)42-29-31-55-48(35-42)44-20-9-13-25-53(44)63(55)59-36-49-45-21-8-11-23-51(45)61(56(49)37-60-59)38-15-3-1-4-16-38/h1-37H. The maximum atomic E-state index is 16.5. The number of furan rings is 1. The molecule has 0 saturated carbocycles. The zero-order chi connectivity index (χ0) is 43.5. The van der Waals surface area contributed by atoms with Crippen molar-refractivity contribution >= 4 is 110 Å². The molecule has 0 bridgehead atoms. The summed E-state index contributed by atoms with van der Waals surface area (Å²) in [6.07, 6.45) is 2.00. The first-order valence-electron chi connectivity index (χ1n) is 22.2. The summed E-state index contributed by atoms with van der Waals surface area (Å²) in [5.74, 6) is 0.825. The molecule has 0 N–H and O–H groups in total. The highest BCUT2D eigenvalue weighted by Crippen LogP contribution is 2.46. The van der Waals surface area contributed by atoms with Crippen LogP contribution in [-0.4, -0.2) is 18.7 Å². The molecule has 0 radical (unpaired) electrons. The van der Waals surface area contributed by atoms with Crippen LogP contribution in [0, 0.1) is 0 Å². The van der Waals surface area contributed by atoms with Crippen molar-refractivity contribution in [3.05, 3.63) is 225 Å². The van der Waals surface area contributed by atoms with Gasteiger partial charge in [0.2, 0.25) is 0 Å². The average molecular weight is 865 g/mol. The fraction of sp³-hybridized carbons (Fsp3) is 0. The molecular formula is C59H37N4O2P. The van der Waals surface area contributed by atoms with Crippen molar-refractivity contribution in [1.82, 2.24) is 18.7 Å². The van der Waals surface area contributed by atoms with Crippen LogP contribution in [0.15, 0.2) is 229 Å². The van der Waals surface area contributed by atoms with Crippen molar-refractivity contribution in [3.8, 4) is 17.2 Å². The molecule has 0 spiro atoms. The van der Waals surface area contributed by atoms with Crippen molar-refractivity contribution in [2.75, 3.05) is 0 Å². The van der Waals surface area contributed by atoms with Gasteiger partial charge in [0, 0.05) is 70.4 Å². The SMILES string of the molecule is O=P(c1ccccc1)(c1ccc2c(c1)c1ccccc1n2-c1ccc2oc3ccccc3c2c1)c1ccc2c(c1)c1ccccc1n2-c1cc2c3ccccc3n(-c3ccccc3)c2cn1. The molecule has 66 heavy (non-hydrogen) atoms. The third-order valence-electron chi connectivity index (χ3n) is 13.6. The molecule has 1 unspecified atom stereocenters. The Morgan fingerprint density at radius 3 is 1.47 bits per heavy atom. The first kappa shape index (κ1) is 37.0. The van der Waals surface area contributed by atoms with Gasteiger partial charge in [0.1, 0.15) is 17.0 Å². The maximum Gasteiger partial charge on any atom is 0.171 e. The number of fused-ring (bicyclic) bond motifs is 12. The Bertz CT molecular complexity index is 4330. The van der Waals surface area contributed by atoms with E-state index in [4.69, 9.17) is 9.40 Å². The van der Waals surface area contributed by atoms with Crippen molar-refractivity contribution in [2.45, 2.75) is 0 Å². The Morgan fingerprint density at radius 2 is 0.818 bits per heavy atom. The highest BCUT2D eigenvalue weighted by molar-refractivity contribution is 7.85. The maximum absolute atomic E-state index is 16.5. The van der Waals surface area contributed by atoms with Crippen molar-refractivity contribution in [1.29, 1.82) is 0 Å². The van der Waals surface area contributed by atoms with Gasteiger partial charge < -0.3 is 18.1 Å². The second kappa shape index (κ2) is 14.0. The van der Waals surface area contributed by atoms with E-state index in [0.29, 0.717) is 0 Å². The average Bonchev–Trinajstić information content (AvgIpc) is 4.12. The lowest BCUT2D eigenvalue weighted by Gasteiger charge is -2.21. The summed E-state index contributed by atoms with van der Waals surface area (Å²) in [5.41, 5.74) is 10.2. The van der Waals surface area contributed by atoms with Gasteiger partial charge >= 0.3 is 0 Å². The van der Waals surface area contributed by atoms with Gasteiger partial charge in [0.15, 0.2) is 7.14 Å². The minimum atomic E-state index is -3.45. The van der Waals surface area contributed by atoms with Crippen LogP contribution in [-0.2, 0) is 4.57 Å². The van der Waals surface area contributed by atoms with E-state index in [1.54, 1.807) is 0 Å². The number of aromatic nitrogens is 4. The van der Waals surface area contributed by atoms with Crippen molar-refractivity contribution < 1.29 is 8.98 Å². The highest BCUT2D eigenvalue weighted by Gasteiger charge is 2.32. The predicted molar refractivity (Wildman–Crippen MR) is 274 cm³/mol. The van der Waals surface area contributed by atoms with E-state index in [9.17, 15) is 0 Å². The molecule has 6 nitrogen and oxygen atoms in total. The monoisotopic (exact) mass is 864 g/mol. The number of nitrogens with zero attached hydrogens (tertiary/aromatic N) is 4. The first-order chi connectivity index (χ1) is 32.6. The zero-order valence-corrected chi connectivity index (χ0v) is 36.3. The number of para-hydroxylation sites is 5. The second-order valence-corrected chi connectivity index (χ2v) is 19.8. The van der Waals surface area contributed by atoms with Crippen LogP contribution in [0.2, 0.25) is 0 Å². The van der Waals surface area contributed by atoms with Crippen LogP contribution >= 0.6 is 7.14 Å². The minimum absolute atomic E-state index is 0.777. The number of hydrogen-bond donors (Lipinski definition) is 0. The number of benzene rings is 9. The van der Waals surface area contributed by atoms with Crippen molar-refractivity contribution in [3.63, 3.8) is 0 Å². The summed E-state index contributed by atoms with van der Waals surface area (Å²) >= 11 is 0. The molecule has 0 aliphatic heterocycles. The third-order valence-corrected chi connectivity index (χ3v) is 16.6. The summed E-state index contributed by atoms with van der Waals surface area (Å²) in [4.78, 5) is 5.18. The van der Waals surface area contributed by atoms with Gasteiger partial charge in [-0.2, -0.15) is 0 Å². The summed E-state index contributed by atoms with van der Waals surface area (Å²) in [7, 11) is -3.45. The first-order valence-corrected chi connectivity index (χ1v) is 23.9. The van der Waals surface area contributed by atoms with E-state index in [2.05, 4.69) is 184 Å². The van der Waals surface area contributed by atoms with Gasteiger partial charge in [-0.05, 0) is 97.1 Å². The molecule has 5 heterocycles. The van der Waals surface area contributed by atoms with Gasteiger partial charge in [-0.25, -0.2) is 4.98 Å². The molecule has 14 rings (SSSR count). The Labute approximate surface area is 378 Å². The Balaban J connectivity index is 0.960. The Morgan fingerprint density at radius 1 is 0.333 bits per heavy atom. The van der Waals surface area contributed by atoms with E-state index in [1.165, 1.54) is 5.39 Å². The van der Waals surface area contributed by atoms with E-state index >= 15 is 4.57 Å². The molecule has 0 saturated heterocycles. The topological polar surface area (TPSA) is 57.9 Å². The van der Waals surface area contributed by atoms with Crippen LogP contribution in [0.4, 0.5) is 0 Å². The fourth-order valence-corrected chi connectivity index (χ4v) is 13.3. The van der Waals surface area contributed by atoms with Crippen LogP contribution < -0.4 is 15.9 Å². The lowest BCUT2D eigenvalue weighted by atomic mass is 10.1. The molecule has 5 aromatic heterocycles. The van der Waals surface area contributed by atoms with E-state index in [-0.39, 0.29) is 0 Å². The number of pyridine rings is 1. The molecule has 0 aliphatic carbocycles. The summed E-state index contributed by atoms with van der Waals surface area (Å²) in [6, 6.07) is 75.6. The highest BCUT2D eigenvalue weighted by atomic mass is 31.2. The normalized spacial score (nSPS) is 13.0. The molecule has 7 heteroatoms. The minimum Gasteiger partial charge on any atom is -0.456 e. The van der Waals surface area contributed by atoms with Crippen LogP contribution in [0.3, 0.4) is 0 Å². The lowest BCUT2D eigenvalue weighted by molar-refractivity contribution is 0.592. The van der Waals surface area contributed by atoms with Gasteiger partial charge in [0.25, 0.3) is 0 Å². The van der Waals surface area contributed by atoms with Gasteiger partial charge in [0.05, 0.1) is 39.3 Å².